The summed E-state index contributed by atoms with van der Waals surface area (Å²) in [5, 5.41) is 4.00. The summed E-state index contributed by atoms with van der Waals surface area (Å²) >= 11 is 0. The maximum Gasteiger partial charge on any atom is 0.293 e. The van der Waals surface area contributed by atoms with Gasteiger partial charge in [-0.1, -0.05) is 5.16 Å². The van der Waals surface area contributed by atoms with E-state index in [1.165, 1.54) is 0 Å². The number of aromatic nitrogens is 2. The molecule has 8 nitrogen and oxygen atoms in total. The van der Waals surface area contributed by atoms with E-state index in [0.717, 1.165) is 5.69 Å². The maximum atomic E-state index is 12.4. The molecular formula is C17H13N3O5. The number of anilines is 1. The summed E-state index contributed by atoms with van der Waals surface area (Å²) in [4.78, 5) is 18.5. The van der Waals surface area contributed by atoms with Crippen molar-refractivity contribution >= 4 is 11.6 Å². The third kappa shape index (κ3) is 2.34. The third-order valence-corrected chi connectivity index (χ3v) is 4.33. The highest BCUT2D eigenvalue weighted by Gasteiger charge is 2.35. The number of carbonyl (C=O) groups excluding carboxylic acids is 1. The van der Waals surface area contributed by atoms with Crippen molar-refractivity contribution in [3.63, 3.8) is 0 Å². The van der Waals surface area contributed by atoms with E-state index in [1.54, 1.807) is 23.3 Å². The summed E-state index contributed by atoms with van der Waals surface area (Å²) in [5.74, 6) is 2.54. The number of benzene rings is 1. The minimum absolute atomic E-state index is 0.00761. The van der Waals surface area contributed by atoms with E-state index in [1.807, 2.05) is 18.2 Å². The van der Waals surface area contributed by atoms with Crippen molar-refractivity contribution in [3.8, 4) is 23.1 Å². The molecule has 5 rings (SSSR count). The minimum Gasteiger partial charge on any atom is -0.459 e. The fourth-order valence-corrected chi connectivity index (χ4v) is 3.08. The minimum atomic E-state index is -0.134. The molecule has 3 aromatic rings. The first-order valence-electron chi connectivity index (χ1n) is 7.85. The Bertz CT molecular complexity index is 934. The van der Waals surface area contributed by atoms with Gasteiger partial charge in [-0.2, -0.15) is 4.98 Å². The lowest BCUT2D eigenvalue weighted by Crippen LogP contribution is -2.24. The number of nitrogens with zero attached hydrogens (tertiary/aromatic N) is 3. The van der Waals surface area contributed by atoms with Crippen molar-refractivity contribution in [1.29, 1.82) is 0 Å². The Kier molecular flexibility index (Phi) is 3.03. The lowest BCUT2D eigenvalue weighted by Gasteiger charge is -2.16. The van der Waals surface area contributed by atoms with Crippen molar-refractivity contribution in [2.24, 2.45) is 0 Å². The predicted molar refractivity (Wildman–Crippen MR) is 84.3 cm³/mol. The Balaban J connectivity index is 1.38. The van der Waals surface area contributed by atoms with Crippen LogP contribution in [0, 0.1) is 0 Å². The predicted octanol–water partition coefficient (Wildman–Crippen LogP) is 2.58. The first-order valence-corrected chi connectivity index (χ1v) is 7.85. The van der Waals surface area contributed by atoms with Crippen LogP contribution in [0.25, 0.3) is 11.7 Å². The summed E-state index contributed by atoms with van der Waals surface area (Å²) < 4.78 is 21.2. The van der Waals surface area contributed by atoms with Gasteiger partial charge in [0.25, 0.3) is 5.89 Å². The Hall–Kier alpha value is -3.29. The number of fused-ring (bicyclic) bond motifs is 1. The van der Waals surface area contributed by atoms with E-state index in [0.29, 0.717) is 41.9 Å². The monoisotopic (exact) mass is 339 g/mol. The van der Waals surface area contributed by atoms with Crippen molar-refractivity contribution in [3.05, 3.63) is 42.4 Å². The molecule has 2 aliphatic rings. The normalized spacial score (nSPS) is 19.0. The van der Waals surface area contributed by atoms with Gasteiger partial charge >= 0.3 is 0 Å². The van der Waals surface area contributed by atoms with Crippen molar-refractivity contribution in [1.82, 2.24) is 10.1 Å². The molecule has 0 spiro atoms. The summed E-state index contributed by atoms with van der Waals surface area (Å²) in [7, 11) is 0. The lowest BCUT2D eigenvalue weighted by molar-refractivity contribution is -0.117. The van der Waals surface area contributed by atoms with Crippen LogP contribution in [0.3, 0.4) is 0 Å². The Morgan fingerprint density at radius 2 is 2.08 bits per heavy atom. The van der Waals surface area contributed by atoms with Gasteiger partial charge in [0.15, 0.2) is 23.1 Å². The molecule has 0 saturated carbocycles. The fourth-order valence-electron chi connectivity index (χ4n) is 3.08. The number of furan rings is 1. The molecule has 2 aliphatic heterocycles. The first kappa shape index (κ1) is 14.1. The van der Waals surface area contributed by atoms with E-state index < -0.39 is 0 Å². The van der Waals surface area contributed by atoms with Crippen LogP contribution < -0.4 is 14.4 Å². The summed E-state index contributed by atoms with van der Waals surface area (Å²) in [6.45, 7) is 0.684. The van der Waals surface area contributed by atoms with Gasteiger partial charge in [0.2, 0.25) is 12.7 Å². The molecule has 1 fully saturated rings. The van der Waals surface area contributed by atoms with Crippen molar-refractivity contribution < 1.29 is 23.2 Å². The molecule has 25 heavy (non-hydrogen) atoms. The molecule has 126 valence electrons. The standard InChI is InChI=1S/C17H13N3O5/c21-15-6-10(16-18-17(25-19-16)13-2-1-5-22-13)8-20(15)11-3-4-12-14(7-11)24-9-23-12/h1-5,7,10H,6,8-9H2/t10-/m0/s1. The van der Waals surface area contributed by atoms with E-state index in [-0.39, 0.29) is 18.6 Å². The van der Waals surface area contributed by atoms with Crippen LogP contribution in [0.4, 0.5) is 5.69 Å². The van der Waals surface area contributed by atoms with Gasteiger partial charge < -0.3 is 23.3 Å². The quantitative estimate of drug-likeness (QED) is 0.724. The summed E-state index contributed by atoms with van der Waals surface area (Å²) in [6, 6.07) is 8.96. The Morgan fingerprint density at radius 1 is 1.16 bits per heavy atom. The highest BCUT2D eigenvalue weighted by Crippen LogP contribution is 2.38. The SMILES string of the molecule is O=C1C[C@H](c2noc(-c3ccco3)n2)CN1c1ccc2c(c1)OCO2. The fraction of sp³-hybridized carbons (Fsp3) is 0.235. The van der Waals surface area contributed by atoms with Gasteiger partial charge in [0, 0.05) is 30.6 Å². The van der Waals surface area contributed by atoms with Gasteiger partial charge in [-0.25, -0.2) is 0 Å². The van der Waals surface area contributed by atoms with Gasteiger partial charge in [-0.05, 0) is 24.3 Å². The van der Waals surface area contributed by atoms with Crippen LogP contribution in [-0.4, -0.2) is 29.4 Å². The Morgan fingerprint density at radius 3 is 2.96 bits per heavy atom. The van der Waals surface area contributed by atoms with Crippen LogP contribution in [0.2, 0.25) is 0 Å². The van der Waals surface area contributed by atoms with Crippen LogP contribution in [-0.2, 0) is 4.79 Å². The average molecular weight is 339 g/mol. The van der Waals surface area contributed by atoms with Gasteiger partial charge in [0.05, 0.1) is 6.26 Å². The van der Waals surface area contributed by atoms with E-state index in [4.69, 9.17) is 18.4 Å². The van der Waals surface area contributed by atoms with Crippen molar-refractivity contribution in [2.75, 3.05) is 18.2 Å². The average Bonchev–Trinajstić information content (AvgIpc) is 3.39. The molecule has 1 amide bonds. The number of hydrogen-bond donors (Lipinski definition) is 0. The molecule has 0 radical (unpaired) electrons. The molecule has 8 heteroatoms. The van der Waals surface area contributed by atoms with Crippen LogP contribution in [0.5, 0.6) is 11.5 Å². The number of carbonyl (C=O) groups is 1. The van der Waals surface area contributed by atoms with Crippen LogP contribution >= 0.6 is 0 Å². The maximum absolute atomic E-state index is 12.4. The smallest absolute Gasteiger partial charge is 0.293 e. The molecule has 0 bridgehead atoms. The van der Waals surface area contributed by atoms with E-state index in [2.05, 4.69) is 10.1 Å². The molecule has 2 aromatic heterocycles. The summed E-state index contributed by atoms with van der Waals surface area (Å²) in [6.07, 6.45) is 1.87. The number of rotatable bonds is 3. The summed E-state index contributed by atoms with van der Waals surface area (Å²) in [5.41, 5.74) is 0.770. The number of amides is 1. The second-order valence-corrected chi connectivity index (χ2v) is 5.88. The van der Waals surface area contributed by atoms with Crippen LogP contribution in [0.15, 0.2) is 45.5 Å². The highest BCUT2D eigenvalue weighted by molar-refractivity contribution is 5.96. The van der Waals surface area contributed by atoms with E-state index >= 15 is 0 Å². The lowest BCUT2D eigenvalue weighted by atomic mass is 10.1. The largest absolute Gasteiger partial charge is 0.459 e. The molecule has 1 saturated heterocycles. The number of ether oxygens (including phenoxy) is 2. The zero-order valence-electron chi connectivity index (χ0n) is 13.0. The Labute approximate surface area is 141 Å². The van der Waals surface area contributed by atoms with Gasteiger partial charge in [-0.15, -0.1) is 0 Å². The molecule has 0 unspecified atom stereocenters. The second kappa shape index (κ2) is 5.37. The molecule has 4 heterocycles. The molecule has 1 aromatic carbocycles. The molecule has 0 N–H and O–H groups in total. The zero-order valence-corrected chi connectivity index (χ0v) is 13.0. The topological polar surface area (TPSA) is 90.8 Å². The highest BCUT2D eigenvalue weighted by atomic mass is 16.7. The van der Waals surface area contributed by atoms with Gasteiger partial charge in [-0.3, -0.25) is 4.79 Å². The van der Waals surface area contributed by atoms with E-state index in [9.17, 15) is 4.79 Å². The molecule has 1 atom stereocenters. The van der Waals surface area contributed by atoms with Crippen molar-refractivity contribution in [2.45, 2.75) is 12.3 Å². The molecule has 0 aliphatic carbocycles. The first-order chi connectivity index (χ1) is 12.3. The third-order valence-electron chi connectivity index (χ3n) is 4.33. The second-order valence-electron chi connectivity index (χ2n) is 5.88. The number of hydrogen-bond acceptors (Lipinski definition) is 7. The molecular weight excluding hydrogens is 326 g/mol. The zero-order chi connectivity index (χ0) is 16.8. The van der Waals surface area contributed by atoms with Gasteiger partial charge in [0.1, 0.15) is 0 Å². The van der Waals surface area contributed by atoms with Crippen LogP contribution in [0.1, 0.15) is 18.2 Å².